The predicted molar refractivity (Wildman–Crippen MR) is 84.4 cm³/mol. The first kappa shape index (κ1) is 15.9. The van der Waals surface area contributed by atoms with Gasteiger partial charge in [0.2, 0.25) is 0 Å². The highest BCUT2D eigenvalue weighted by Crippen LogP contribution is 2.22. The molecule has 2 N–H and O–H groups in total. The average Bonchev–Trinajstić information content (AvgIpc) is 2.46. The smallest absolute Gasteiger partial charge is 0.195 e. The van der Waals surface area contributed by atoms with Crippen LogP contribution < -0.4 is 5.73 Å². The fourth-order valence-corrected chi connectivity index (χ4v) is 2.56. The van der Waals surface area contributed by atoms with Crippen LogP contribution in [0.5, 0.6) is 0 Å². The molecule has 0 saturated carbocycles. The Labute approximate surface area is 129 Å². The van der Waals surface area contributed by atoms with Gasteiger partial charge in [0.1, 0.15) is 0 Å². The van der Waals surface area contributed by atoms with Gasteiger partial charge in [-0.3, -0.25) is 0 Å². The lowest BCUT2D eigenvalue weighted by Gasteiger charge is -2.08. The molecule has 0 aromatic carbocycles. The van der Waals surface area contributed by atoms with E-state index in [0.717, 1.165) is 35.4 Å². The molecular weight excluding hydrogens is 282 g/mol. The fourth-order valence-electron chi connectivity index (χ4n) is 1.82. The van der Waals surface area contributed by atoms with Crippen LogP contribution in [-0.4, -0.2) is 26.0 Å². The van der Waals surface area contributed by atoms with Gasteiger partial charge in [0.25, 0.3) is 0 Å². The minimum atomic E-state index is 0.165. The van der Waals surface area contributed by atoms with Gasteiger partial charge < -0.3 is 5.73 Å². The van der Waals surface area contributed by atoms with Gasteiger partial charge in [-0.05, 0) is 56.5 Å². The van der Waals surface area contributed by atoms with Gasteiger partial charge in [-0.25, -0.2) is 19.9 Å². The van der Waals surface area contributed by atoms with Crippen LogP contribution in [-0.2, 0) is 6.42 Å². The summed E-state index contributed by atoms with van der Waals surface area (Å²) in [7, 11) is 0. The first-order valence-electron chi connectivity index (χ1n) is 7.05. The molecule has 0 aliphatic heterocycles. The van der Waals surface area contributed by atoms with Gasteiger partial charge >= 0.3 is 0 Å². The average molecular weight is 303 g/mol. The minimum Gasteiger partial charge on any atom is -0.327 e. The number of hydrogen-bond acceptors (Lipinski definition) is 6. The summed E-state index contributed by atoms with van der Waals surface area (Å²) in [5.41, 5.74) is 10.1. The van der Waals surface area contributed by atoms with Gasteiger partial charge in [0, 0.05) is 29.8 Å². The number of rotatable bonds is 5. The third-order valence-electron chi connectivity index (χ3n) is 3.50. The van der Waals surface area contributed by atoms with Crippen molar-refractivity contribution in [1.82, 2.24) is 19.9 Å². The van der Waals surface area contributed by atoms with E-state index in [9.17, 15) is 0 Å². The van der Waals surface area contributed by atoms with Crippen molar-refractivity contribution in [3.05, 3.63) is 34.9 Å². The first-order chi connectivity index (χ1) is 9.99. The van der Waals surface area contributed by atoms with Crippen molar-refractivity contribution >= 4 is 11.8 Å². The zero-order valence-corrected chi connectivity index (χ0v) is 13.7. The Hall–Kier alpha value is -1.53. The van der Waals surface area contributed by atoms with Crippen LogP contribution in [0.2, 0.25) is 0 Å². The molecule has 2 aromatic rings. The molecule has 21 heavy (non-hydrogen) atoms. The highest BCUT2D eigenvalue weighted by atomic mass is 32.2. The van der Waals surface area contributed by atoms with E-state index < -0.39 is 0 Å². The molecule has 0 aliphatic rings. The zero-order valence-electron chi connectivity index (χ0n) is 12.9. The molecule has 0 fully saturated rings. The summed E-state index contributed by atoms with van der Waals surface area (Å²) in [6, 6.07) is 0.165. The first-order valence-corrected chi connectivity index (χ1v) is 7.87. The Morgan fingerprint density at radius 1 is 1.05 bits per heavy atom. The van der Waals surface area contributed by atoms with Crippen LogP contribution in [0.4, 0.5) is 0 Å². The zero-order chi connectivity index (χ0) is 15.4. The maximum Gasteiger partial charge on any atom is 0.195 e. The topological polar surface area (TPSA) is 77.6 Å². The van der Waals surface area contributed by atoms with Crippen molar-refractivity contribution in [2.45, 2.75) is 56.9 Å². The molecule has 0 spiro atoms. The standard InChI is InChI=1S/C15H21N5S/c1-5-13(16)6-12-7-17-14(18-8-12)21-15-19-10(3)9(2)11(4)20-15/h7-8,13H,5-6,16H2,1-4H3. The summed E-state index contributed by atoms with van der Waals surface area (Å²) in [5, 5.41) is 1.35. The highest BCUT2D eigenvalue weighted by Gasteiger charge is 2.09. The van der Waals surface area contributed by atoms with E-state index in [1.807, 2.05) is 33.2 Å². The van der Waals surface area contributed by atoms with E-state index in [1.54, 1.807) is 0 Å². The summed E-state index contributed by atoms with van der Waals surface area (Å²) in [6.07, 6.45) is 5.42. The van der Waals surface area contributed by atoms with E-state index in [0.29, 0.717) is 10.3 Å². The molecule has 2 rings (SSSR count). The van der Waals surface area contributed by atoms with E-state index in [-0.39, 0.29) is 6.04 Å². The number of aromatic nitrogens is 4. The van der Waals surface area contributed by atoms with Gasteiger partial charge in [-0.1, -0.05) is 6.92 Å². The SMILES string of the molecule is CCC(N)Cc1cnc(Sc2nc(C)c(C)c(C)n2)nc1. The summed E-state index contributed by atoms with van der Waals surface area (Å²) < 4.78 is 0. The Morgan fingerprint density at radius 2 is 1.62 bits per heavy atom. The van der Waals surface area contributed by atoms with Crippen LogP contribution in [0.15, 0.2) is 22.7 Å². The normalized spacial score (nSPS) is 12.4. The second-order valence-corrected chi connectivity index (χ2v) is 6.08. The molecule has 0 aliphatic carbocycles. The van der Waals surface area contributed by atoms with Crippen molar-refractivity contribution < 1.29 is 0 Å². The lowest BCUT2D eigenvalue weighted by Crippen LogP contribution is -2.21. The molecule has 6 heteroatoms. The van der Waals surface area contributed by atoms with Crippen molar-refractivity contribution in [3.8, 4) is 0 Å². The number of nitrogens with two attached hydrogens (primary N) is 1. The van der Waals surface area contributed by atoms with Crippen LogP contribution in [0.3, 0.4) is 0 Å². The lowest BCUT2D eigenvalue weighted by atomic mass is 10.1. The molecule has 2 heterocycles. The largest absolute Gasteiger partial charge is 0.327 e. The maximum absolute atomic E-state index is 5.93. The fraction of sp³-hybridized carbons (Fsp3) is 0.467. The molecule has 112 valence electrons. The van der Waals surface area contributed by atoms with Crippen LogP contribution in [0.1, 0.15) is 35.9 Å². The van der Waals surface area contributed by atoms with Gasteiger partial charge in [-0.2, -0.15) is 0 Å². The van der Waals surface area contributed by atoms with Crippen LogP contribution >= 0.6 is 11.8 Å². The Kier molecular flexibility index (Phi) is 5.25. The predicted octanol–water partition coefficient (Wildman–Crippen LogP) is 2.62. The van der Waals surface area contributed by atoms with Crippen LogP contribution in [0.25, 0.3) is 0 Å². The summed E-state index contributed by atoms with van der Waals surface area (Å²) in [6.45, 7) is 8.09. The maximum atomic E-state index is 5.93. The van der Waals surface area contributed by atoms with Crippen LogP contribution in [0, 0.1) is 20.8 Å². The summed E-state index contributed by atoms with van der Waals surface area (Å²) >= 11 is 1.38. The number of aryl methyl sites for hydroxylation is 2. The second kappa shape index (κ2) is 6.95. The molecule has 0 bridgehead atoms. The van der Waals surface area contributed by atoms with Crippen molar-refractivity contribution in [3.63, 3.8) is 0 Å². The number of hydrogen-bond donors (Lipinski definition) is 1. The van der Waals surface area contributed by atoms with Gasteiger partial charge in [-0.15, -0.1) is 0 Å². The lowest BCUT2D eigenvalue weighted by molar-refractivity contribution is 0.641. The molecule has 2 aromatic heterocycles. The quantitative estimate of drug-likeness (QED) is 0.856. The third kappa shape index (κ3) is 4.22. The van der Waals surface area contributed by atoms with Crippen molar-refractivity contribution in [2.75, 3.05) is 0 Å². The van der Waals surface area contributed by atoms with Gasteiger partial charge in [0.05, 0.1) is 0 Å². The molecule has 5 nitrogen and oxygen atoms in total. The molecular formula is C15H21N5S. The Balaban J connectivity index is 2.10. The summed E-state index contributed by atoms with van der Waals surface area (Å²) in [4.78, 5) is 17.6. The third-order valence-corrected chi connectivity index (χ3v) is 4.26. The molecule has 1 unspecified atom stereocenters. The molecule has 0 radical (unpaired) electrons. The van der Waals surface area contributed by atoms with Gasteiger partial charge in [0.15, 0.2) is 10.3 Å². The second-order valence-electron chi connectivity index (χ2n) is 5.15. The Morgan fingerprint density at radius 3 is 2.14 bits per heavy atom. The van der Waals surface area contributed by atoms with E-state index >= 15 is 0 Å². The van der Waals surface area contributed by atoms with E-state index in [4.69, 9.17) is 5.73 Å². The van der Waals surface area contributed by atoms with Crippen molar-refractivity contribution in [1.29, 1.82) is 0 Å². The minimum absolute atomic E-state index is 0.165. The van der Waals surface area contributed by atoms with E-state index in [2.05, 4.69) is 26.9 Å². The number of nitrogens with zero attached hydrogens (tertiary/aromatic N) is 4. The van der Waals surface area contributed by atoms with E-state index in [1.165, 1.54) is 11.8 Å². The Bertz CT molecular complexity index is 589. The highest BCUT2D eigenvalue weighted by molar-refractivity contribution is 7.99. The molecule has 1 atom stereocenters. The monoisotopic (exact) mass is 303 g/mol. The summed E-state index contributed by atoms with van der Waals surface area (Å²) in [5.74, 6) is 0. The van der Waals surface area contributed by atoms with Crippen molar-refractivity contribution in [2.24, 2.45) is 5.73 Å². The molecule has 0 saturated heterocycles. The molecule has 0 amide bonds.